The second-order valence-corrected chi connectivity index (χ2v) is 6.37. The summed E-state index contributed by atoms with van der Waals surface area (Å²) in [6.07, 6.45) is -1.28. The first-order chi connectivity index (χ1) is 9.15. The quantitative estimate of drug-likeness (QED) is 0.405. The molecule has 112 valence electrons. The molecule has 0 spiro atoms. The number of halogens is 6. The first kappa shape index (κ1) is 13.0. The van der Waals surface area contributed by atoms with Crippen LogP contribution in [0, 0.1) is 35.5 Å². The van der Waals surface area contributed by atoms with Crippen LogP contribution in [0.2, 0.25) is 0 Å². The predicted octanol–water partition coefficient (Wildman–Crippen LogP) is 3.91. The normalized spacial score (nSPS) is 54.7. The van der Waals surface area contributed by atoms with Gasteiger partial charge >= 0.3 is 12.3 Å². The largest absolute Gasteiger partial charge is 0.525 e. The van der Waals surface area contributed by atoms with E-state index in [9.17, 15) is 26.3 Å². The number of hydrogen-bond acceptors (Lipinski definition) is 1. The summed E-state index contributed by atoms with van der Waals surface area (Å²) in [7, 11) is 0. The van der Waals surface area contributed by atoms with Gasteiger partial charge in [-0.3, -0.25) is 0 Å². The van der Waals surface area contributed by atoms with Crippen molar-refractivity contribution >= 4 is 0 Å². The molecular formula is C13H12F6O. The Morgan fingerprint density at radius 2 is 1.45 bits per heavy atom. The third kappa shape index (κ3) is 1.30. The molecule has 1 nitrogen and oxygen atoms in total. The molecule has 3 saturated carbocycles. The number of allylic oxidation sites excluding steroid dienone is 2. The zero-order valence-electron chi connectivity index (χ0n) is 10.2. The van der Waals surface area contributed by atoms with Crippen molar-refractivity contribution in [1.29, 1.82) is 0 Å². The zero-order chi connectivity index (χ0) is 14.5. The lowest BCUT2D eigenvalue weighted by Crippen LogP contribution is -2.58. The molecule has 4 aliphatic carbocycles. The first-order valence-corrected chi connectivity index (χ1v) is 6.67. The first-order valence-electron chi connectivity index (χ1n) is 6.67. The summed E-state index contributed by atoms with van der Waals surface area (Å²) in [5, 5.41) is 0. The fourth-order valence-corrected chi connectivity index (χ4v) is 5.22. The summed E-state index contributed by atoms with van der Waals surface area (Å²) >= 11 is 0. The summed E-state index contributed by atoms with van der Waals surface area (Å²) in [4.78, 5) is 0. The number of ether oxygens (including phenoxy) is 1. The van der Waals surface area contributed by atoms with Gasteiger partial charge in [-0.1, -0.05) is 12.2 Å². The van der Waals surface area contributed by atoms with Gasteiger partial charge in [-0.2, -0.15) is 8.78 Å². The SMILES string of the molecule is FC(F)(F)OC1(F)C2CC(C3C4C=CC(C4)C32)C1(F)F. The molecule has 0 saturated heterocycles. The minimum atomic E-state index is -5.40. The molecule has 0 radical (unpaired) electrons. The molecule has 20 heavy (non-hydrogen) atoms. The van der Waals surface area contributed by atoms with Crippen LogP contribution < -0.4 is 0 Å². The van der Waals surface area contributed by atoms with E-state index in [1.807, 2.05) is 12.2 Å². The fourth-order valence-electron chi connectivity index (χ4n) is 5.22. The molecule has 7 unspecified atom stereocenters. The van der Waals surface area contributed by atoms with E-state index in [0.717, 1.165) is 0 Å². The third-order valence-corrected chi connectivity index (χ3v) is 5.68. The Morgan fingerprint density at radius 1 is 0.900 bits per heavy atom. The summed E-state index contributed by atoms with van der Waals surface area (Å²) in [5.41, 5.74) is 0. The van der Waals surface area contributed by atoms with Crippen LogP contribution in [0.1, 0.15) is 12.8 Å². The van der Waals surface area contributed by atoms with E-state index in [1.54, 1.807) is 0 Å². The van der Waals surface area contributed by atoms with Crippen LogP contribution in [0.4, 0.5) is 26.3 Å². The molecular weight excluding hydrogens is 286 g/mol. The second-order valence-electron chi connectivity index (χ2n) is 6.37. The van der Waals surface area contributed by atoms with Crippen molar-refractivity contribution in [2.24, 2.45) is 35.5 Å². The van der Waals surface area contributed by atoms with Crippen molar-refractivity contribution in [1.82, 2.24) is 0 Å². The van der Waals surface area contributed by atoms with Crippen molar-refractivity contribution in [3.05, 3.63) is 12.2 Å². The Labute approximate surface area is 111 Å². The van der Waals surface area contributed by atoms with E-state index >= 15 is 0 Å². The van der Waals surface area contributed by atoms with Gasteiger partial charge in [0.1, 0.15) is 0 Å². The Balaban J connectivity index is 1.75. The van der Waals surface area contributed by atoms with Gasteiger partial charge in [0.25, 0.3) is 5.85 Å². The Bertz CT molecular complexity index is 486. The number of fused-ring (bicyclic) bond motifs is 9. The van der Waals surface area contributed by atoms with Crippen molar-refractivity contribution in [3.8, 4) is 0 Å². The third-order valence-electron chi connectivity index (χ3n) is 5.68. The smallest absolute Gasteiger partial charge is 0.247 e. The van der Waals surface area contributed by atoms with Crippen LogP contribution in [0.5, 0.6) is 0 Å². The molecule has 3 fully saturated rings. The van der Waals surface area contributed by atoms with Crippen LogP contribution in [0.25, 0.3) is 0 Å². The van der Waals surface area contributed by atoms with E-state index in [4.69, 9.17) is 0 Å². The van der Waals surface area contributed by atoms with Gasteiger partial charge in [-0.15, -0.1) is 13.2 Å². The van der Waals surface area contributed by atoms with Crippen molar-refractivity contribution in [3.63, 3.8) is 0 Å². The van der Waals surface area contributed by atoms with Gasteiger partial charge in [-0.05, 0) is 36.5 Å². The van der Waals surface area contributed by atoms with E-state index in [2.05, 4.69) is 4.74 Å². The molecule has 0 N–H and O–H groups in total. The molecule has 0 aromatic carbocycles. The molecule has 0 aromatic heterocycles. The molecule has 7 heteroatoms. The van der Waals surface area contributed by atoms with Gasteiger partial charge < -0.3 is 0 Å². The number of alkyl halides is 6. The topological polar surface area (TPSA) is 9.23 Å². The van der Waals surface area contributed by atoms with Crippen molar-refractivity contribution in [2.45, 2.75) is 31.0 Å². The molecule has 0 aromatic rings. The van der Waals surface area contributed by atoms with Gasteiger partial charge in [0.15, 0.2) is 0 Å². The second kappa shape index (κ2) is 3.36. The van der Waals surface area contributed by atoms with Gasteiger partial charge in [-0.25, -0.2) is 9.13 Å². The number of hydrogen-bond donors (Lipinski definition) is 0. The highest BCUT2D eigenvalue weighted by atomic mass is 19.4. The molecule has 0 amide bonds. The lowest BCUT2D eigenvalue weighted by Gasteiger charge is -2.44. The van der Waals surface area contributed by atoms with Crippen LogP contribution >= 0.6 is 0 Å². The van der Waals surface area contributed by atoms with Crippen LogP contribution in [-0.4, -0.2) is 18.1 Å². The zero-order valence-corrected chi connectivity index (χ0v) is 10.2. The average molecular weight is 298 g/mol. The lowest BCUT2D eigenvalue weighted by molar-refractivity contribution is -0.443. The monoisotopic (exact) mass is 298 g/mol. The molecule has 4 rings (SSSR count). The van der Waals surface area contributed by atoms with Gasteiger partial charge in [0.05, 0.1) is 0 Å². The van der Waals surface area contributed by atoms with Crippen molar-refractivity contribution < 1.29 is 31.1 Å². The minimum Gasteiger partial charge on any atom is -0.247 e. The number of rotatable bonds is 1. The molecule has 4 aliphatic rings. The van der Waals surface area contributed by atoms with E-state index < -0.39 is 41.8 Å². The van der Waals surface area contributed by atoms with Crippen LogP contribution in [-0.2, 0) is 4.74 Å². The van der Waals surface area contributed by atoms with E-state index in [0.29, 0.717) is 6.42 Å². The minimum absolute atomic E-state index is 0.0405. The van der Waals surface area contributed by atoms with Crippen LogP contribution in [0.15, 0.2) is 12.2 Å². The maximum Gasteiger partial charge on any atom is 0.525 e. The Hall–Kier alpha value is -0.720. The maximum atomic E-state index is 14.5. The Kier molecular flexibility index (Phi) is 2.18. The highest BCUT2D eigenvalue weighted by molar-refractivity contribution is 5.26. The molecule has 0 aliphatic heterocycles. The molecule has 0 heterocycles. The van der Waals surface area contributed by atoms with Crippen LogP contribution in [0.3, 0.4) is 0 Å². The Morgan fingerprint density at radius 3 is 2.00 bits per heavy atom. The summed E-state index contributed by atoms with van der Waals surface area (Å²) in [6, 6.07) is 0. The average Bonchev–Trinajstić information content (AvgIpc) is 2.99. The summed E-state index contributed by atoms with van der Waals surface area (Å²) in [6.45, 7) is 0. The van der Waals surface area contributed by atoms with Crippen molar-refractivity contribution in [2.75, 3.05) is 0 Å². The fraction of sp³-hybridized carbons (Fsp3) is 0.846. The van der Waals surface area contributed by atoms with E-state index in [1.165, 1.54) is 0 Å². The lowest BCUT2D eigenvalue weighted by atomic mass is 9.70. The molecule has 7 atom stereocenters. The maximum absolute atomic E-state index is 14.5. The summed E-state index contributed by atoms with van der Waals surface area (Å²) in [5.74, 6) is -11.7. The summed E-state index contributed by atoms with van der Waals surface area (Å²) < 4.78 is 83.2. The highest BCUT2D eigenvalue weighted by Crippen LogP contribution is 2.73. The molecule has 4 bridgehead atoms. The highest BCUT2D eigenvalue weighted by Gasteiger charge is 2.82. The standard InChI is InChI=1S/C13H12F6O/c14-11(15)7-4-8(12(11,16)20-13(17,18)19)10-6-2-1-5(3-6)9(7)10/h1-2,5-10H,3-4H2. The predicted molar refractivity (Wildman–Crippen MR) is 55.2 cm³/mol. The van der Waals surface area contributed by atoms with E-state index in [-0.39, 0.29) is 18.3 Å². The van der Waals surface area contributed by atoms with Gasteiger partial charge in [0.2, 0.25) is 0 Å². The van der Waals surface area contributed by atoms with Gasteiger partial charge in [0, 0.05) is 11.8 Å².